The number of methoxy groups -OCH3 is 1. The van der Waals surface area contributed by atoms with Gasteiger partial charge in [-0.2, -0.15) is 0 Å². The number of aliphatic carboxylic acids is 1. The summed E-state index contributed by atoms with van der Waals surface area (Å²) in [5.74, 6) is -0.0310. The average molecular weight is 397 g/mol. The van der Waals surface area contributed by atoms with Gasteiger partial charge in [0.1, 0.15) is 11.8 Å². The average Bonchev–Trinajstić information content (AvgIpc) is 3.53. The Balaban J connectivity index is 1.74. The lowest BCUT2D eigenvalue weighted by Gasteiger charge is -2.25. The van der Waals surface area contributed by atoms with Gasteiger partial charge in [-0.1, -0.05) is 24.3 Å². The van der Waals surface area contributed by atoms with E-state index in [4.69, 9.17) is 10.5 Å². The van der Waals surface area contributed by atoms with Crippen molar-refractivity contribution >= 4 is 17.6 Å². The normalized spacial score (nSPS) is 14.4. The van der Waals surface area contributed by atoms with Gasteiger partial charge in [0.15, 0.2) is 0 Å². The van der Waals surface area contributed by atoms with Gasteiger partial charge in [0.2, 0.25) is 0 Å². The first-order chi connectivity index (χ1) is 14.0. The monoisotopic (exact) mass is 397 g/mol. The number of carbonyl (C=O) groups is 2. The fourth-order valence-corrected chi connectivity index (χ4v) is 3.21. The Labute approximate surface area is 170 Å². The van der Waals surface area contributed by atoms with Crippen LogP contribution in [0.25, 0.3) is 0 Å². The Bertz CT molecular complexity index is 867. The van der Waals surface area contributed by atoms with Crippen LogP contribution in [0.2, 0.25) is 0 Å². The zero-order valence-corrected chi connectivity index (χ0v) is 16.5. The number of nitrogens with zero attached hydrogens (tertiary/aromatic N) is 1. The zero-order chi connectivity index (χ0) is 20.8. The van der Waals surface area contributed by atoms with Crippen molar-refractivity contribution in [1.29, 1.82) is 0 Å². The van der Waals surface area contributed by atoms with Gasteiger partial charge in [-0.3, -0.25) is 14.5 Å². The van der Waals surface area contributed by atoms with E-state index in [0.29, 0.717) is 29.5 Å². The molecule has 3 rings (SSSR count). The molecule has 1 atom stereocenters. The number of amides is 1. The lowest BCUT2D eigenvalue weighted by atomic mass is 10.1. The van der Waals surface area contributed by atoms with Crippen molar-refractivity contribution in [1.82, 2.24) is 4.90 Å². The lowest BCUT2D eigenvalue weighted by molar-refractivity contribution is -0.139. The Morgan fingerprint density at radius 3 is 2.69 bits per heavy atom. The molecule has 0 spiro atoms. The fourth-order valence-electron chi connectivity index (χ4n) is 3.21. The maximum Gasteiger partial charge on any atom is 0.321 e. The van der Waals surface area contributed by atoms with Crippen LogP contribution in [-0.2, 0) is 11.3 Å². The van der Waals surface area contributed by atoms with Gasteiger partial charge in [0.25, 0.3) is 5.91 Å². The molecule has 0 aromatic heterocycles. The predicted molar refractivity (Wildman–Crippen MR) is 111 cm³/mol. The number of hydrogen-bond acceptors (Lipinski definition) is 5. The highest BCUT2D eigenvalue weighted by molar-refractivity contribution is 6.04. The molecule has 7 heteroatoms. The van der Waals surface area contributed by atoms with Gasteiger partial charge < -0.3 is 20.9 Å². The van der Waals surface area contributed by atoms with Gasteiger partial charge in [-0.15, -0.1) is 0 Å². The summed E-state index contributed by atoms with van der Waals surface area (Å²) >= 11 is 0. The minimum Gasteiger partial charge on any atom is -0.497 e. The maximum absolute atomic E-state index is 12.7. The highest BCUT2D eigenvalue weighted by Gasteiger charge is 2.27. The molecule has 1 amide bonds. The second kappa shape index (κ2) is 9.54. The lowest BCUT2D eigenvalue weighted by Crippen LogP contribution is -2.43. The fraction of sp³-hybridized carbons (Fsp3) is 0.364. The number of ether oxygens (including phenoxy) is 1. The topological polar surface area (TPSA) is 105 Å². The maximum atomic E-state index is 12.7. The largest absolute Gasteiger partial charge is 0.497 e. The van der Waals surface area contributed by atoms with Crippen molar-refractivity contribution < 1.29 is 19.4 Å². The van der Waals surface area contributed by atoms with Crippen LogP contribution in [0.15, 0.2) is 48.5 Å². The number of benzene rings is 2. The number of nitrogens with one attached hydrogen (secondary N) is 1. The summed E-state index contributed by atoms with van der Waals surface area (Å²) in [7, 11) is 1.56. The van der Waals surface area contributed by atoms with Crippen LogP contribution in [-0.4, -0.2) is 48.1 Å². The van der Waals surface area contributed by atoms with Crippen LogP contribution in [0.5, 0.6) is 5.75 Å². The van der Waals surface area contributed by atoms with E-state index in [1.165, 1.54) is 0 Å². The molecule has 4 N–H and O–H groups in total. The second-order valence-electron chi connectivity index (χ2n) is 7.43. The summed E-state index contributed by atoms with van der Waals surface area (Å²) in [5, 5.41) is 12.1. The SMILES string of the molecule is COc1cccc(C(=O)Nc2ccccc2CN(CC2CC2)CC(N)C(=O)O)c1. The Morgan fingerprint density at radius 2 is 2.00 bits per heavy atom. The molecule has 2 aromatic rings. The third-order valence-electron chi connectivity index (χ3n) is 4.98. The van der Waals surface area contributed by atoms with Crippen LogP contribution >= 0.6 is 0 Å². The van der Waals surface area contributed by atoms with E-state index in [1.54, 1.807) is 31.4 Å². The molecule has 0 saturated heterocycles. The standard InChI is InChI=1S/C22H27N3O4/c1-29-18-7-4-6-16(11-18)21(26)24-20-8-3-2-5-17(20)13-25(12-15-9-10-15)14-19(23)22(27)28/h2-8,11,15,19H,9-10,12-14,23H2,1H3,(H,24,26)(H,27,28). The summed E-state index contributed by atoms with van der Waals surface area (Å²) in [4.78, 5) is 26.0. The summed E-state index contributed by atoms with van der Waals surface area (Å²) in [6.45, 7) is 1.59. The van der Waals surface area contributed by atoms with E-state index in [9.17, 15) is 14.7 Å². The van der Waals surface area contributed by atoms with Crippen molar-refractivity contribution in [3.8, 4) is 5.75 Å². The summed E-state index contributed by atoms with van der Waals surface area (Å²) < 4.78 is 5.18. The van der Waals surface area contributed by atoms with Gasteiger partial charge in [0, 0.05) is 30.9 Å². The zero-order valence-electron chi connectivity index (χ0n) is 16.5. The van der Waals surface area contributed by atoms with Crippen LogP contribution < -0.4 is 15.8 Å². The van der Waals surface area contributed by atoms with Crippen molar-refractivity contribution in [3.63, 3.8) is 0 Å². The third-order valence-corrected chi connectivity index (χ3v) is 4.98. The molecule has 1 aliphatic carbocycles. The Kier molecular flexibility index (Phi) is 6.85. The van der Waals surface area contributed by atoms with Crippen LogP contribution in [0, 0.1) is 5.92 Å². The number of carboxylic acid groups (broad SMARTS) is 1. The van der Waals surface area contributed by atoms with Crippen molar-refractivity contribution in [2.24, 2.45) is 11.7 Å². The van der Waals surface area contributed by atoms with Crippen LogP contribution in [0.1, 0.15) is 28.8 Å². The minimum atomic E-state index is -1.01. The van der Waals surface area contributed by atoms with Crippen molar-refractivity contribution in [2.75, 3.05) is 25.5 Å². The van der Waals surface area contributed by atoms with E-state index in [-0.39, 0.29) is 12.5 Å². The quantitative estimate of drug-likeness (QED) is 0.569. The van der Waals surface area contributed by atoms with Crippen molar-refractivity contribution in [2.45, 2.75) is 25.4 Å². The van der Waals surface area contributed by atoms with E-state index in [1.807, 2.05) is 24.3 Å². The molecule has 154 valence electrons. The molecule has 0 aliphatic heterocycles. The smallest absolute Gasteiger partial charge is 0.321 e. The molecule has 29 heavy (non-hydrogen) atoms. The molecule has 2 aromatic carbocycles. The number of rotatable bonds is 10. The number of hydrogen-bond donors (Lipinski definition) is 3. The highest BCUT2D eigenvalue weighted by atomic mass is 16.5. The number of carboxylic acids is 1. The second-order valence-corrected chi connectivity index (χ2v) is 7.43. The molecular formula is C22H27N3O4. The first kappa shape index (κ1) is 20.8. The van der Waals surface area contributed by atoms with Crippen LogP contribution in [0.3, 0.4) is 0 Å². The summed E-state index contributed by atoms with van der Waals surface area (Å²) in [6, 6.07) is 13.6. The number of para-hydroxylation sites is 1. The molecule has 1 saturated carbocycles. The van der Waals surface area contributed by atoms with Gasteiger partial charge >= 0.3 is 5.97 Å². The first-order valence-electron chi connectivity index (χ1n) is 9.70. The van der Waals surface area contributed by atoms with Gasteiger partial charge in [-0.25, -0.2) is 0 Å². The molecular weight excluding hydrogens is 370 g/mol. The minimum absolute atomic E-state index is 0.229. The highest BCUT2D eigenvalue weighted by Crippen LogP contribution is 2.30. The number of carbonyl (C=O) groups excluding carboxylic acids is 1. The van der Waals surface area contributed by atoms with Crippen molar-refractivity contribution in [3.05, 3.63) is 59.7 Å². The summed E-state index contributed by atoms with van der Waals surface area (Å²) in [6.07, 6.45) is 2.32. The molecule has 0 radical (unpaired) electrons. The molecule has 0 heterocycles. The molecule has 7 nitrogen and oxygen atoms in total. The van der Waals surface area contributed by atoms with E-state index < -0.39 is 12.0 Å². The first-order valence-corrected chi connectivity index (χ1v) is 9.70. The Morgan fingerprint density at radius 1 is 1.24 bits per heavy atom. The third kappa shape index (κ3) is 6.04. The number of nitrogens with two attached hydrogens (primary N) is 1. The van der Waals surface area contributed by atoms with E-state index in [0.717, 1.165) is 24.9 Å². The van der Waals surface area contributed by atoms with E-state index >= 15 is 0 Å². The molecule has 0 bridgehead atoms. The number of anilines is 1. The van der Waals surface area contributed by atoms with Gasteiger partial charge in [0.05, 0.1) is 7.11 Å². The molecule has 1 unspecified atom stereocenters. The van der Waals surface area contributed by atoms with Gasteiger partial charge in [-0.05, 0) is 48.6 Å². The molecule has 1 aliphatic rings. The van der Waals surface area contributed by atoms with E-state index in [2.05, 4.69) is 10.2 Å². The predicted octanol–water partition coefficient (Wildman–Crippen LogP) is 2.57. The Hall–Kier alpha value is -2.90. The van der Waals surface area contributed by atoms with Crippen LogP contribution in [0.4, 0.5) is 5.69 Å². The summed E-state index contributed by atoms with van der Waals surface area (Å²) in [5.41, 5.74) is 7.89. The molecule has 1 fully saturated rings.